The van der Waals surface area contributed by atoms with Gasteiger partial charge in [-0.15, -0.1) is 0 Å². The van der Waals surface area contributed by atoms with Crippen LogP contribution in [-0.2, 0) is 11.0 Å². The van der Waals surface area contributed by atoms with E-state index in [4.69, 9.17) is 44.1 Å². The highest BCUT2D eigenvalue weighted by Gasteiger charge is 2.32. The maximum absolute atomic E-state index is 13.1. The molecule has 0 unspecified atom stereocenters. The maximum atomic E-state index is 13.1. The summed E-state index contributed by atoms with van der Waals surface area (Å²) in [6.07, 6.45) is -1.71. The van der Waals surface area contributed by atoms with Gasteiger partial charge in [-0.1, -0.05) is 40.0 Å². The van der Waals surface area contributed by atoms with Gasteiger partial charge in [0, 0.05) is 37.5 Å². The number of hydrogen-bond donors (Lipinski definition) is 0. The number of hydrogen-bond acceptors (Lipinski definition) is 6. The maximum Gasteiger partial charge on any atom is 0.417 e. The van der Waals surface area contributed by atoms with Crippen LogP contribution in [0.2, 0.25) is 15.1 Å². The number of likely N-dealkylation sites (N-methyl/N-ethyl adjacent to an activating group) is 1. The number of alkyl halides is 3. The van der Waals surface area contributed by atoms with E-state index in [9.17, 15) is 18.0 Å². The van der Waals surface area contributed by atoms with Crippen LogP contribution in [-0.4, -0.2) is 50.0 Å². The Morgan fingerprint density at radius 3 is 2.58 bits per heavy atom. The third-order valence-electron chi connectivity index (χ3n) is 5.62. The summed E-state index contributed by atoms with van der Waals surface area (Å²) in [7, 11) is 1.70. The molecular formula is C22H15Cl3F3N5O3. The minimum absolute atomic E-state index is 0.0518. The molecule has 0 N–H and O–H groups in total. The number of likely N-dealkylation sites (tertiary alicyclic amines) is 1. The van der Waals surface area contributed by atoms with Gasteiger partial charge in [-0.05, 0) is 18.6 Å². The number of pyridine rings is 1. The molecule has 1 amide bonds. The minimum atomic E-state index is -4.57. The van der Waals surface area contributed by atoms with Gasteiger partial charge in [0.2, 0.25) is 11.7 Å². The molecule has 4 aromatic rings. The Hall–Kier alpha value is -3.02. The van der Waals surface area contributed by atoms with Gasteiger partial charge in [0.1, 0.15) is 17.5 Å². The zero-order valence-corrected chi connectivity index (χ0v) is 20.6. The van der Waals surface area contributed by atoms with Gasteiger partial charge in [-0.2, -0.15) is 18.2 Å². The lowest BCUT2D eigenvalue weighted by molar-refractivity contribution is -0.138. The quantitative estimate of drug-likeness (QED) is 0.303. The first-order valence-electron chi connectivity index (χ1n) is 10.5. The van der Waals surface area contributed by atoms with Gasteiger partial charge in [-0.25, -0.2) is 4.98 Å². The van der Waals surface area contributed by atoms with Crippen LogP contribution in [0.5, 0.6) is 5.75 Å². The third-order valence-corrected chi connectivity index (χ3v) is 6.50. The lowest BCUT2D eigenvalue weighted by Crippen LogP contribution is -2.42. The van der Waals surface area contributed by atoms with Gasteiger partial charge in [0.25, 0.3) is 5.89 Å². The van der Waals surface area contributed by atoms with E-state index in [1.807, 2.05) is 0 Å². The zero-order chi connectivity index (χ0) is 25.8. The predicted octanol–water partition coefficient (Wildman–Crippen LogP) is 6.03. The van der Waals surface area contributed by atoms with Crippen molar-refractivity contribution < 1.29 is 27.2 Å². The van der Waals surface area contributed by atoms with Crippen molar-refractivity contribution in [2.45, 2.75) is 25.1 Å². The van der Waals surface area contributed by atoms with Crippen LogP contribution in [0, 0.1) is 0 Å². The number of imidazole rings is 1. The Kier molecular flexibility index (Phi) is 6.26. The summed E-state index contributed by atoms with van der Waals surface area (Å²) in [5, 5.41) is 4.20. The Balaban J connectivity index is 1.41. The number of benzene rings is 1. The smallest absolute Gasteiger partial charge is 0.417 e. The molecule has 1 fully saturated rings. The summed E-state index contributed by atoms with van der Waals surface area (Å²) in [6, 6.07) is 3.83. The number of carbonyl (C=O) groups excluding carboxylic acids is 1. The molecule has 3 aromatic heterocycles. The number of nitrogens with zero attached hydrogens (tertiary/aromatic N) is 5. The molecule has 8 nitrogen and oxygen atoms in total. The zero-order valence-electron chi connectivity index (χ0n) is 18.3. The molecule has 1 aliphatic heterocycles. The Labute approximate surface area is 216 Å². The topological polar surface area (TPSA) is 85.8 Å². The standard InChI is InChI=1S/C22H15Cl3F3N5O3/c1-32-8-11(2-3-18(32)34)35-17-6-13(23)12(5-14(17)24)19-30-21(36-31-19)16-9-33-7-10(22(26,27)28)4-15(25)20(33)29-16/h4-7,9,11H,2-3,8H2,1H3/t11-/m1/s1. The monoisotopic (exact) mass is 559 g/mol. The van der Waals surface area contributed by atoms with E-state index in [1.54, 1.807) is 11.9 Å². The number of piperidine rings is 1. The fraction of sp³-hybridized carbons (Fsp3) is 0.273. The van der Waals surface area contributed by atoms with Gasteiger partial charge in [-0.3, -0.25) is 4.79 Å². The van der Waals surface area contributed by atoms with E-state index < -0.39 is 11.7 Å². The fourth-order valence-electron chi connectivity index (χ4n) is 3.79. The highest BCUT2D eigenvalue weighted by molar-refractivity contribution is 6.36. The summed E-state index contributed by atoms with van der Waals surface area (Å²) >= 11 is 18.8. The molecule has 4 heterocycles. The van der Waals surface area contributed by atoms with Crippen molar-refractivity contribution in [2.75, 3.05) is 13.6 Å². The van der Waals surface area contributed by atoms with Crippen LogP contribution in [0.1, 0.15) is 18.4 Å². The van der Waals surface area contributed by atoms with Crippen LogP contribution >= 0.6 is 34.8 Å². The number of carbonyl (C=O) groups is 1. The summed E-state index contributed by atoms with van der Waals surface area (Å²) in [5.74, 6) is 0.430. The molecule has 14 heteroatoms. The SMILES string of the molecule is CN1C[C@H](Oc2cc(Cl)c(-c3noc(-c4cn5cc(C(F)(F)F)cc(Cl)c5n4)n3)cc2Cl)CCC1=O. The van der Waals surface area contributed by atoms with Crippen molar-refractivity contribution in [2.24, 2.45) is 0 Å². The van der Waals surface area contributed by atoms with Crippen molar-refractivity contribution in [3.63, 3.8) is 0 Å². The predicted molar refractivity (Wildman–Crippen MR) is 125 cm³/mol. The molecule has 0 spiro atoms. The van der Waals surface area contributed by atoms with Crippen LogP contribution < -0.4 is 4.74 Å². The van der Waals surface area contributed by atoms with E-state index in [2.05, 4.69) is 15.1 Å². The summed E-state index contributed by atoms with van der Waals surface area (Å²) in [6.45, 7) is 0.427. The summed E-state index contributed by atoms with van der Waals surface area (Å²) in [4.78, 5) is 21.7. The summed E-state index contributed by atoms with van der Waals surface area (Å²) < 4.78 is 51.6. The molecule has 5 rings (SSSR count). The Morgan fingerprint density at radius 1 is 1.08 bits per heavy atom. The highest BCUT2D eigenvalue weighted by atomic mass is 35.5. The van der Waals surface area contributed by atoms with Crippen LogP contribution in [0.15, 0.2) is 35.1 Å². The fourth-order valence-corrected chi connectivity index (χ4v) is 4.50. The number of amides is 1. The van der Waals surface area contributed by atoms with Crippen LogP contribution in [0.4, 0.5) is 13.2 Å². The molecule has 1 saturated heterocycles. The van der Waals surface area contributed by atoms with Gasteiger partial charge in [0.15, 0.2) is 5.65 Å². The minimum Gasteiger partial charge on any atom is -0.487 e. The van der Waals surface area contributed by atoms with E-state index in [0.717, 1.165) is 16.7 Å². The second-order valence-corrected chi connectivity index (χ2v) is 9.39. The van der Waals surface area contributed by atoms with Crippen LogP contribution in [0.25, 0.3) is 28.6 Å². The van der Waals surface area contributed by atoms with Crippen LogP contribution in [0.3, 0.4) is 0 Å². The summed E-state index contributed by atoms with van der Waals surface area (Å²) in [5.41, 5.74) is -0.364. The number of halogens is 6. The van der Waals surface area contributed by atoms with Crippen molar-refractivity contribution >= 4 is 46.4 Å². The lowest BCUT2D eigenvalue weighted by Gasteiger charge is -2.30. The first-order chi connectivity index (χ1) is 17.0. The molecule has 1 aromatic carbocycles. The van der Waals surface area contributed by atoms with Gasteiger partial charge >= 0.3 is 6.18 Å². The van der Waals surface area contributed by atoms with E-state index in [-0.39, 0.29) is 50.1 Å². The third kappa shape index (κ3) is 4.70. The molecule has 0 aliphatic carbocycles. The first-order valence-corrected chi connectivity index (χ1v) is 11.6. The second-order valence-electron chi connectivity index (χ2n) is 8.17. The van der Waals surface area contributed by atoms with Crippen molar-refractivity contribution in [3.8, 4) is 28.7 Å². The van der Waals surface area contributed by atoms with E-state index in [1.165, 1.54) is 18.3 Å². The van der Waals surface area contributed by atoms with E-state index in [0.29, 0.717) is 30.7 Å². The van der Waals surface area contributed by atoms with Crippen molar-refractivity contribution in [1.29, 1.82) is 0 Å². The number of rotatable bonds is 4. The second kappa shape index (κ2) is 9.13. The largest absolute Gasteiger partial charge is 0.487 e. The Bertz CT molecular complexity index is 1490. The normalized spacial score (nSPS) is 16.7. The molecule has 0 bridgehead atoms. The van der Waals surface area contributed by atoms with Gasteiger partial charge < -0.3 is 18.6 Å². The number of aromatic nitrogens is 4. The Morgan fingerprint density at radius 2 is 1.86 bits per heavy atom. The number of ether oxygens (including phenoxy) is 1. The highest BCUT2D eigenvalue weighted by Crippen LogP contribution is 2.38. The lowest BCUT2D eigenvalue weighted by atomic mass is 10.1. The molecule has 0 saturated carbocycles. The number of fused-ring (bicyclic) bond motifs is 1. The molecule has 1 aliphatic rings. The average Bonchev–Trinajstić information content (AvgIpc) is 3.45. The first kappa shape index (κ1) is 24.7. The van der Waals surface area contributed by atoms with Crippen molar-refractivity contribution in [3.05, 3.63) is 51.2 Å². The molecular weight excluding hydrogens is 546 g/mol. The van der Waals surface area contributed by atoms with E-state index >= 15 is 0 Å². The molecule has 36 heavy (non-hydrogen) atoms. The molecule has 1 atom stereocenters. The van der Waals surface area contributed by atoms with Crippen molar-refractivity contribution in [1.82, 2.24) is 24.4 Å². The van der Waals surface area contributed by atoms with Gasteiger partial charge in [0.05, 0.1) is 27.2 Å². The molecule has 0 radical (unpaired) electrons. The average molecular weight is 561 g/mol. The molecule has 188 valence electrons.